The Hall–Kier alpha value is -2.58. The number of hydrogen-bond acceptors (Lipinski definition) is 3. The first-order chi connectivity index (χ1) is 12.1. The second-order valence-electron chi connectivity index (χ2n) is 6.14. The van der Waals surface area contributed by atoms with Gasteiger partial charge >= 0.3 is 12.1 Å². The number of benzene rings is 1. The summed E-state index contributed by atoms with van der Waals surface area (Å²) in [5.74, 6) is -1.95. The third kappa shape index (κ3) is 4.74. The molecule has 1 aromatic carbocycles. The molecule has 0 aromatic heterocycles. The van der Waals surface area contributed by atoms with Crippen LogP contribution in [-0.4, -0.2) is 47.9 Å². The van der Waals surface area contributed by atoms with E-state index in [1.165, 1.54) is 22.9 Å². The van der Waals surface area contributed by atoms with Crippen molar-refractivity contribution < 1.29 is 32.7 Å². The predicted molar refractivity (Wildman–Crippen MR) is 86.9 cm³/mol. The molecule has 1 aromatic rings. The number of carboxylic acid groups (broad SMARTS) is 1. The zero-order valence-corrected chi connectivity index (χ0v) is 14.2. The van der Waals surface area contributed by atoms with E-state index >= 15 is 0 Å². The molecule has 142 valence electrons. The highest BCUT2D eigenvalue weighted by atomic mass is 19.4. The lowest BCUT2D eigenvalue weighted by molar-refractivity contribution is -0.138. The molecule has 0 unspecified atom stereocenters. The minimum atomic E-state index is -4.66. The summed E-state index contributed by atoms with van der Waals surface area (Å²) in [5, 5.41) is 8.62. The van der Waals surface area contributed by atoms with Gasteiger partial charge in [-0.1, -0.05) is 0 Å². The van der Waals surface area contributed by atoms with Gasteiger partial charge in [-0.3, -0.25) is 14.4 Å². The summed E-state index contributed by atoms with van der Waals surface area (Å²) in [7, 11) is 1.39. The van der Waals surface area contributed by atoms with Crippen LogP contribution in [0, 0.1) is 0 Å². The molecule has 6 nitrogen and oxygen atoms in total. The predicted octanol–water partition coefficient (Wildman–Crippen LogP) is 2.77. The molecule has 0 bridgehead atoms. The molecule has 0 spiro atoms. The van der Waals surface area contributed by atoms with Gasteiger partial charge in [0.05, 0.1) is 5.56 Å². The zero-order valence-electron chi connectivity index (χ0n) is 14.2. The van der Waals surface area contributed by atoms with Crippen LogP contribution in [0.2, 0.25) is 0 Å². The van der Waals surface area contributed by atoms with E-state index < -0.39 is 23.6 Å². The van der Waals surface area contributed by atoms with Gasteiger partial charge in [0.15, 0.2) is 0 Å². The molecule has 1 N–H and O–H groups in total. The van der Waals surface area contributed by atoms with Gasteiger partial charge in [0, 0.05) is 44.2 Å². The highest BCUT2D eigenvalue weighted by molar-refractivity contribution is 5.99. The van der Waals surface area contributed by atoms with Crippen LogP contribution in [0.4, 0.5) is 18.9 Å². The Labute approximate surface area is 148 Å². The van der Waals surface area contributed by atoms with Crippen LogP contribution in [0.3, 0.4) is 0 Å². The number of nitrogens with zero attached hydrogens (tertiary/aromatic N) is 2. The molecule has 2 amide bonds. The molecule has 9 heteroatoms. The monoisotopic (exact) mass is 372 g/mol. The molecule has 1 fully saturated rings. The van der Waals surface area contributed by atoms with Gasteiger partial charge in [0.1, 0.15) is 0 Å². The summed E-state index contributed by atoms with van der Waals surface area (Å²) in [4.78, 5) is 37.3. The van der Waals surface area contributed by atoms with Gasteiger partial charge in [-0.2, -0.15) is 13.2 Å². The van der Waals surface area contributed by atoms with Crippen LogP contribution < -0.4 is 4.90 Å². The van der Waals surface area contributed by atoms with Crippen LogP contribution in [0.5, 0.6) is 0 Å². The van der Waals surface area contributed by atoms with Gasteiger partial charge in [-0.05, 0) is 31.0 Å². The largest absolute Gasteiger partial charge is 0.481 e. The molecule has 0 aliphatic carbocycles. The van der Waals surface area contributed by atoms with E-state index in [1.807, 2.05) is 0 Å². The maximum absolute atomic E-state index is 13.2. The number of carbonyl (C=O) groups excluding carboxylic acids is 2. The second kappa shape index (κ2) is 7.76. The number of hydrogen-bond donors (Lipinski definition) is 1. The number of alkyl halides is 3. The topological polar surface area (TPSA) is 77.9 Å². The SMILES string of the molecule is CN(CCCC(=O)O)C(=O)c1cc(N2CCCC2=O)cc(C(F)(F)F)c1. The van der Waals surface area contributed by atoms with Crippen molar-refractivity contribution in [2.75, 3.05) is 25.0 Å². The van der Waals surface area contributed by atoms with Gasteiger partial charge < -0.3 is 14.9 Å². The fourth-order valence-electron chi connectivity index (χ4n) is 2.76. The van der Waals surface area contributed by atoms with Gasteiger partial charge in [0.25, 0.3) is 5.91 Å². The smallest absolute Gasteiger partial charge is 0.416 e. The Morgan fingerprint density at radius 3 is 2.50 bits per heavy atom. The molecule has 1 heterocycles. The minimum Gasteiger partial charge on any atom is -0.481 e. The van der Waals surface area contributed by atoms with Crippen LogP contribution in [0.15, 0.2) is 18.2 Å². The Kier molecular flexibility index (Phi) is 5.89. The van der Waals surface area contributed by atoms with Gasteiger partial charge in [0.2, 0.25) is 5.91 Å². The number of carbonyl (C=O) groups is 3. The molecule has 1 aliphatic rings. The molecule has 1 saturated heterocycles. The fourth-order valence-corrected chi connectivity index (χ4v) is 2.76. The van der Waals surface area contributed by atoms with Crippen molar-refractivity contribution in [2.24, 2.45) is 0 Å². The normalized spacial score (nSPS) is 14.6. The van der Waals surface area contributed by atoms with Crippen molar-refractivity contribution in [3.63, 3.8) is 0 Å². The highest BCUT2D eigenvalue weighted by Crippen LogP contribution is 2.34. The zero-order chi connectivity index (χ0) is 19.5. The van der Waals surface area contributed by atoms with Crippen molar-refractivity contribution in [1.82, 2.24) is 4.90 Å². The van der Waals surface area contributed by atoms with E-state index in [9.17, 15) is 27.6 Å². The average molecular weight is 372 g/mol. The van der Waals surface area contributed by atoms with Crippen molar-refractivity contribution in [1.29, 1.82) is 0 Å². The van der Waals surface area contributed by atoms with Crippen LogP contribution >= 0.6 is 0 Å². The molecule has 0 radical (unpaired) electrons. The van der Waals surface area contributed by atoms with Crippen LogP contribution in [0.1, 0.15) is 41.6 Å². The summed E-state index contributed by atoms with van der Waals surface area (Å²) in [6.45, 7) is 0.404. The number of amides is 2. The standard InChI is InChI=1S/C17H19F3N2O4/c1-21(6-3-5-15(24)25)16(26)11-8-12(17(18,19)20)10-13(9-11)22-7-2-4-14(22)23/h8-10H,2-7H2,1H3,(H,24,25). The lowest BCUT2D eigenvalue weighted by Crippen LogP contribution is -2.29. The molecule has 26 heavy (non-hydrogen) atoms. The maximum Gasteiger partial charge on any atom is 0.416 e. The lowest BCUT2D eigenvalue weighted by Gasteiger charge is -2.21. The number of carboxylic acids is 1. The summed E-state index contributed by atoms with van der Waals surface area (Å²) < 4.78 is 39.6. The third-order valence-electron chi connectivity index (χ3n) is 4.11. The number of aliphatic carboxylic acids is 1. The van der Waals surface area contributed by atoms with Crippen molar-refractivity contribution in [2.45, 2.75) is 31.9 Å². The summed E-state index contributed by atoms with van der Waals surface area (Å²) in [5.41, 5.74) is -1.14. The van der Waals surface area contributed by atoms with Crippen molar-refractivity contribution in [3.8, 4) is 0 Å². The Bertz CT molecular complexity index is 718. The molecular weight excluding hydrogens is 353 g/mol. The van der Waals surface area contributed by atoms with Crippen molar-refractivity contribution in [3.05, 3.63) is 29.3 Å². The Morgan fingerprint density at radius 2 is 1.96 bits per heavy atom. The molecule has 2 rings (SSSR count). The fraction of sp³-hybridized carbons (Fsp3) is 0.471. The highest BCUT2D eigenvalue weighted by Gasteiger charge is 2.33. The van der Waals surface area contributed by atoms with Crippen LogP contribution in [0.25, 0.3) is 0 Å². The number of halogens is 3. The molecule has 0 saturated carbocycles. The van der Waals surface area contributed by atoms with E-state index in [0.717, 1.165) is 12.1 Å². The first-order valence-corrected chi connectivity index (χ1v) is 8.09. The van der Waals surface area contributed by atoms with E-state index in [0.29, 0.717) is 13.0 Å². The van der Waals surface area contributed by atoms with E-state index in [4.69, 9.17) is 5.11 Å². The summed E-state index contributed by atoms with van der Waals surface area (Å²) in [6, 6.07) is 2.89. The first-order valence-electron chi connectivity index (χ1n) is 8.09. The number of rotatable bonds is 6. The second-order valence-corrected chi connectivity index (χ2v) is 6.14. The summed E-state index contributed by atoms with van der Waals surface area (Å²) in [6.07, 6.45) is -3.81. The van der Waals surface area contributed by atoms with Crippen LogP contribution in [-0.2, 0) is 15.8 Å². The van der Waals surface area contributed by atoms with Gasteiger partial charge in [-0.15, -0.1) is 0 Å². The maximum atomic E-state index is 13.2. The van der Waals surface area contributed by atoms with E-state index in [-0.39, 0.29) is 43.0 Å². The third-order valence-corrected chi connectivity index (χ3v) is 4.11. The Morgan fingerprint density at radius 1 is 1.27 bits per heavy atom. The molecular formula is C17H19F3N2O4. The van der Waals surface area contributed by atoms with Crippen molar-refractivity contribution >= 4 is 23.5 Å². The van der Waals surface area contributed by atoms with E-state index in [1.54, 1.807) is 0 Å². The first kappa shape index (κ1) is 19.7. The Balaban J connectivity index is 2.30. The van der Waals surface area contributed by atoms with E-state index in [2.05, 4.69) is 0 Å². The summed E-state index contributed by atoms with van der Waals surface area (Å²) >= 11 is 0. The minimum absolute atomic E-state index is 0.0459. The van der Waals surface area contributed by atoms with Gasteiger partial charge in [-0.25, -0.2) is 0 Å². The average Bonchev–Trinajstić information content (AvgIpc) is 2.98. The molecule has 0 atom stereocenters. The lowest BCUT2D eigenvalue weighted by atomic mass is 10.1. The number of anilines is 1. The molecule has 1 aliphatic heterocycles. The quantitative estimate of drug-likeness (QED) is 0.833.